The minimum absolute atomic E-state index is 0.116. The Bertz CT molecular complexity index is 1010. The number of hydrogen-bond acceptors (Lipinski definition) is 3. The third-order valence-electron chi connectivity index (χ3n) is 3.99. The van der Waals surface area contributed by atoms with E-state index in [-0.39, 0.29) is 5.91 Å². The molecule has 25 heavy (non-hydrogen) atoms. The van der Waals surface area contributed by atoms with Crippen LogP contribution in [0, 0.1) is 0 Å². The summed E-state index contributed by atoms with van der Waals surface area (Å²) in [6.07, 6.45) is 3.42. The number of fused-ring (bicyclic) bond motifs is 1. The molecule has 0 saturated heterocycles. The zero-order valence-electron chi connectivity index (χ0n) is 13.4. The van der Waals surface area contributed by atoms with Crippen LogP contribution in [0.4, 0.5) is 0 Å². The van der Waals surface area contributed by atoms with Crippen molar-refractivity contribution in [3.05, 3.63) is 84.2 Å². The average Bonchev–Trinajstić information content (AvgIpc) is 3.11. The summed E-state index contributed by atoms with van der Waals surface area (Å²) >= 11 is 0. The van der Waals surface area contributed by atoms with E-state index in [9.17, 15) is 4.79 Å². The molecule has 2 N–H and O–H groups in total. The van der Waals surface area contributed by atoms with Crippen LogP contribution >= 0.6 is 0 Å². The molecule has 5 heteroatoms. The zero-order valence-corrected chi connectivity index (χ0v) is 13.4. The van der Waals surface area contributed by atoms with Crippen molar-refractivity contribution in [2.45, 2.75) is 6.54 Å². The molecule has 0 spiro atoms. The van der Waals surface area contributed by atoms with E-state index < -0.39 is 0 Å². The number of amides is 1. The van der Waals surface area contributed by atoms with E-state index in [2.05, 4.69) is 20.3 Å². The van der Waals surface area contributed by atoms with E-state index >= 15 is 0 Å². The maximum Gasteiger partial charge on any atom is 0.251 e. The summed E-state index contributed by atoms with van der Waals surface area (Å²) in [5.74, 6) is 0.680. The minimum Gasteiger partial charge on any atom is -0.348 e. The number of carbonyl (C=O) groups is 1. The van der Waals surface area contributed by atoms with Crippen LogP contribution in [0.15, 0.2) is 73.1 Å². The van der Waals surface area contributed by atoms with Crippen molar-refractivity contribution in [3.63, 3.8) is 0 Å². The van der Waals surface area contributed by atoms with Crippen molar-refractivity contribution in [2.75, 3.05) is 0 Å². The van der Waals surface area contributed by atoms with Crippen LogP contribution in [0.25, 0.3) is 22.4 Å². The first-order valence-electron chi connectivity index (χ1n) is 8.02. The fourth-order valence-electron chi connectivity index (χ4n) is 2.67. The predicted octanol–water partition coefficient (Wildman–Crippen LogP) is 3.55. The summed E-state index contributed by atoms with van der Waals surface area (Å²) < 4.78 is 0. The molecule has 0 fully saturated rings. The van der Waals surface area contributed by atoms with Crippen molar-refractivity contribution >= 4 is 16.9 Å². The zero-order chi connectivity index (χ0) is 17.1. The van der Waals surface area contributed by atoms with Crippen LogP contribution < -0.4 is 5.32 Å². The van der Waals surface area contributed by atoms with Crippen LogP contribution in [-0.2, 0) is 6.54 Å². The maximum absolute atomic E-state index is 12.4. The average molecular weight is 328 g/mol. The number of nitrogens with zero attached hydrogens (tertiary/aromatic N) is 2. The quantitative estimate of drug-likeness (QED) is 0.602. The second-order valence-corrected chi connectivity index (χ2v) is 5.72. The molecule has 0 aliphatic rings. The highest BCUT2D eigenvalue weighted by atomic mass is 16.1. The van der Waals surface area contributed by atoms with Crippen molar-refractivity contribution < 1.29 is 4.79 Å². The monoisotopic (exact) mass is 328 g/mol. The van der Waals surface area contributed by atoms with Crippen molar-refractivity contribution in [1.82, 2.24) is 20.3 Å². The number of aromatic amines is 1. The minimum atomic E-state index is -0.116. The lowest BCUT2D eigenvalue weighted by atomic mass is 10.2. The molecule has 0 atom stereocenters. The summed E-state index contributed by atoms with van der Waals surface area (Å²) in [4.78, 5) is 24.2. The first-order valence-corrected chi connectivity index (χ1v) is 8.02. The Kier molecular flexibility index (Phi) is 3.96. The third-order valence-corrected chi connectivity index (χ3v) is 3.99. The first-order chi connectivity index (χ1) is 12.3. The molecule has 0 bridgehead atoms. The third kappa shape index (κ3) is 3.26. The van der Waals surface area contributed by atoms with Gasteiger partial charge in [0.25, 0.3) is 5.91 Å². The Morgan fingerprint density at radius 1 is 1.00 bits per heavy atom. The number of H-pyrrole nitrogens is 1. The number of pyridine rings is 1. The summed E-state index contributed by atoms with van der Waals surface area (Å²) in [5, 5.41) is 2.92. The summed E-state index contributed by atoms with van der Waals surface area (Å²) in [6, 6.07) is 19.2. The SMILES string of the molecule is O=C(NCc1ccncc1)c1ccc2nc(-c3ccccc3)[nH]c2c1. The predicted molar refractivity (Wildman–Crippen MR) is 96.9 cm³/mol. The molecule has 0 radical (unpaired) electrons. The molecule has 0 saturated carbocycles. The lowest BCUT2D eigenvalue weighted by molar-refractivity contribution is 0.0951. The van der Waals surface area contributed by atoms with Crippen LogP contribution in [0.2, 0.25) is 0 Å². The highest BCUT2D eigenvalue weighted by Crippen LogP contribution is 2.21. The van der Waals surface area contributed by atoms with E-state index in [0.29, 0.717) is 12.1 Å². The summed E-state index contributed by atoms with van der Waals surface area (Å²) in [5.41, 5.74) is 4.31. The van der Waals surface area contributed by atoms with Gasteiger partial charge in [-0.05, 0) is 35.9 Å². The second kappa shape index (κ2) is 6.57. The maximum atomic E-state index is 12.4. The van der Waals surface area contributed by atoms with E-state index in [1.165, 1.54) is 0 Å². The largest absolute Gasteiger partial charge is 0.348 e. The molecule has 5 nitrogen and oxygen atoms in total. The molecular weight excluding hydrogens is 312 g/mol. The van der Waals surface area contributed by atoms with E-state index in [1.807, 2.05) is 54.6 Å². The fourth-order valence-corrected chi connectivity index (χ4v) is 2.67. The lowest BCUT2D eigenvalue weighted by Crippen LogP contribution is -2.22. The molecule has 122 valence electrons. The molecular formula is C20H16N4O. The van der Waals surface area contributed by atoms with Gasteiger partial charge in [0.15, 0.2) is 0 Å². The van der Waals surface area contributed by atoms with Gasteiger partial charge in [0.1, 0.15) is 5.82 Å². The van der Waals surface area contributed by atoms with Gasteiger partial charge in [-0.1, -0.05) is 30.3 Å². The van der Waals surface area contributed by atoms with Crippen molar-refractivity contribution in [2.24, 2.45) is 0 Å². The molecule has 4 aromatic rings. The van der Waals surface area contributed by atoms with Crippen LogP contribution in [0.1, 0.15) is 15.9 Å². The van der Waals surface area contributed by atoms with Crippen molar-refractivity contribution in [3.8, 4) is 11.4 Å². The number of hydrogen-bond donors (Lipinski definition) is 2. The smallest absolute Gasteiger partial charge is 0.251 e. The number of nitrogens with one attached hydrogen (secondary N) is 2. The van der Waals surface area contributed by atoms with Gasteiger partial charge in [0.05, 0.1) is 11.0 Å². The van der Waals surface area contributed by atoms with Crippen molar-refractivity contribution in [1.29, 1.82) is 0 Å². The highest BCUT2D eigenvalue weighted by molar-refractivity contribution is 5.97. The first kappa shape index (κ1) is 15.1. The van der Waals surface area contributed by atoms with Crippen LogP contribution in [-0.4, -0.2) is 20.9 Å². The molecule has 1 amide bonds. The van der Waals surface area contributed by atoms with Gasteiger partial charge in [-0.15, -0.1) is 0 Å². The molecule has 2 aromatic carbocycles. The molecule has 2 aromatic heterocycles. The number of aromatic nitrogens is 3. The topological polar surface area (TPSA) is 70.7 Å². The van der Waals surface area contributed by atoms with Crippen LogP contribution in [0.3, 0.4) is 0 Å². The van der Waals surface area contributed by atoms with E-state index in [4.69, 9.17) is 0 Å². The molecule has 0 aliphatic carbocycles. The Morgan fingerprint density at radius 2 is 1.80 bits per heavy atom. The van der Waals surface area contributed by atoms with Gasteiger partial charge < -0.3 is 10.3 Å². The number of rotatable bonds is 4. The Morgan fingerprint density at radius 3 is 2.60 bits per heavy atom. The Hall–Kier alpha value is -3.47. The number of carbonyl (C=O) groups excluding carboxylic acids is 1. The number of benzene rings is 2. The second-order valence-electron chi connectivity index (χ2n) is 5.72. The standard InChI is InChI=1S/C20H16N4O/c25-20(22-13-14-8-10-21-11-9-14)16-6-7-17-18(12-16)24-19(23-17)15-4-2-1-3-5-15/h1-12H,13H2,(H,22,25)(H,23,24). The van der Waals surface area contributed by atoms with Gasteiger partial charge in [-0.3, -0.25) is 9.78 Å². The fraction of sp³-hybridized carbons (Fsp3) is 0.0500. The van der Waals surface area contributed by atoms with Gasteiger partial charge in [0, 0.05) is 30.1 Å². The van der Waals surface area contributed by atoms with Gasteiger partial charge in [0.2, 0.25) is 0 Å². The number of imidazole rings is 1. The Labute approximate surface area is 144 Å². The van der Waals surface area contributed by atoms with E-state index in [1.54, 1.807) is 18.5 Å². The molecule has 0 aliphatic heterocycles. The lowest BCUT2D eigenvalue weighted by Gasteiger charge is -2.05. The van der Waals surface area contributed by atoms with Crippen LogP contribution in [0.5, 0.6) is 0 Å². The van der Waals surface area contributed by atoms with Gasteiger partial charge in [-0.2, -0.15) is 0 Å². The highest BCUT2D eigenvalue weighted by Gasteiger charge is 2.10. The summed E-state index contributed by atoms with van der Waals surface area (Å²) in [7, 11) is 0. The van der Waals surface area contributed by atoms with E-state index in [0.717, 1.165) is 28.0 Å². The van der Waals surface area contributed by atoms with Gasteiger partial charge in [-0.25, -0.2) is 4.98 Å². The Balaban J connectivity index is 1.55. The normalized spacial score (nSPS) is 10.7. The molecule has 0 unspecified atom stereocenters. The van der Waals surface area contributed by atoms with Gasteiger partial charge >= 0.3 is 0 Å². The molecule has 4 rings (SSSR count). The molecule has 2 heterocycles. The summed E-state index contributed by atoms with van der Waals surface area (Å²) in [6.45, 7) is 0.470.